The Labute approximate surface area is 106 Å². The van der Waals surface area contributed by atoms with Gasteiger partial charge in [0.15, 0.2) is 0 Å². The van der Waals surface area contributed by atoms with Crippen LogP contribution in [0.15, 0.2) is 35.1 Å². The number of nitrogen functional groups attached to an aromatic ring is 1. The molecule has 3 N–H and O–H groups in total. The largest absolute Gasteiger partial charge is 0.383 e. The van der Waals surface area contributed by atoms with Crippen LogP contribution in [0.1, 0.15) is 19.4 Å². The number of nitrogens with two attached hydrogens (primary N) is 1. The fraction of sp³-hybridized carbons (Fsp3) is 0.286. The fourth-order valence-corrected chi connectivity index (χ4v) is 1.92. The maximum atomic E-state index is 11.3. The van der Waals surface area contributed by atoms with Crippen LogP contribution in [0.2, 0.25) is 0 Å². The van der Waals surface area contributed by atoms with E-state index >= 15 is 0 Å². The number of anilines is 1. The van der Waals surface area contributed by atoms with Gasteiger partial charge in [-0.1, -0.05) is 38.1 Å². The molecule has 94 valence electrons. The Morgan fingerprint density at radius 1 is 1.28 bits per heavy atom. The van der Waals surface area contributed by atoms with Crippen LogP contribution in [0.3, 0.4) is 0 Å². The van der Waals surface area contributed by atoms with Gasteiger partial charge in [-0.05, 0) is 23.5 Å². The van der Waals surface area contributed by atoms with Crippen molar-refractivity contribution in [3.05, 3.63) is 46.4 Å². The number of hydrogen-bond donors (Lipinski definition) is 2. The molecular formula is C14H17N3O. The van der Waals surface area contributed by atoms with Crippen LogP contribution in [-0.2, 0) is 6.42 Å². The first-order valence-corrected chi connectivity index (χ1v) is 6.01. The zero-order chi connectivity index (χ0) is 13.1. The van der Waals surface area contributed by atoms with Gasteiger partial charge >= 0.3 is 5.69 Å². The zero-order valence-electron chi connectivity index (χ0n) is 10.6. The molecule has 1 heterocycles. The summed E-state index contributed by atoms with van der Waals surface area (Å²) in [7, 11) is 0. The highest BCUT2D eigenvalue weighted by Crippen LogP contribution is 2.18. The minimum absolute atomic E-state index is 0.236. The molecule has 0 amide bonds. The second kappa shape index (κ2) is 5.04. The number of aromatic nitrogens is 2. The Morgan fingerprint density at radius 2 is 1.94 bits per heavy atom. The highest BCUT2D eigenvalue weighted by molar-refractivity contribution is 5.61. The lowest BCUT2D eigenvalue weighted by atomic mass is 10.0. The number of rotatable bonds is 3. The van der Waals surface area contributed by atoms with Crippen LogP contribution >= 0.6 is 0 Å². The third kappa shape index (κ3) is 2.97. The number of H-pyrrole nitrogens is 1. The molecule has 18 heavy (non-hydrogen) atoms. The van der Waals surface area contributed by atoms with Crippen LogP contribution in [-0.4, -0.2) is 9.97 Å². The first-order valence-electron chi connectivity index (χ1n) is 6.01. The standard InChI is InChI=1S/C14H17N3O/c1-9(2)7-10-3-5-11(6-4-10)12-8-13(15)17-14(18)16-12/h3-6,8-9H,7H2,1-2H3,(H3,15,16,17,18). The van der Waals surface area contributed by atoms with Gasteiger partial charge < -0.3 is 10.7 Å². The molecule has 0 bridgehead atoms. The van der Waals surface area contributed by atoms with Crippen molar-refractivity contribution in [2.75, 3.05) is 5.73 Å². The molecule has 1 aromatic carbocycles. The SMILES string of the molecule is CC(C)Cc1ccc(-c2cc(N)nc(=O)[nH]2)cc1. The average molecular weight is 243 g/mol. The average Bonchev–Trinajstić information content (AvgIpc) is 2.27. The third-order valence-electron chi connectivity index (χ3n) is 2.67. The number of hydrogen-bond acceptors (Lipinski definition) is 3. The minimum atomic E-state index is -0.420. The van der Waals surface area contributed by atoms with Gasteiger partial charge in [-0.3, -0.25) is 0 Å². The van der Waals surface area contributed by atoms with Crippen LogP contribution in [0.4, 0.5) is 5.82 Å². The van der Waals surface area contributed by atoms with Crippen LogP contribution in [0, 0.1) is 5.92 Å². The van der Waals surface area contributed by atoms with E-state index in [1.165, 1.54) is 5.56 Å². The summed E-state index contributed by atoms with van der Waals surface area (Å²) in [5.41, 5.74) is 8.07. The van der Waals surface area contributed by atoms with E-state index in [1.807, 2.05) is 12.1 Å². The smallest absolute Gasteiger partial charge is 0.347 e. The molecule has 0 atom stereocenters. The summed E-state index contributed by atoms with van der Waals surface area (Å²) in [4.78, 5) is 17.5. The van der Waals surface area contributed by atoms with Gasteiger partial charge in [-0.25, -0.2) is 4.79 Å². The van der Waals surface area contributed by atoms with E-state index in [0.717, 1.165) is 12.0 Å². The third-order valence-corrected chi connectivity index (χ3v) is 2.67. The zero-order valence-corrected chi connectivity index (χ0v) is 10.6. The maximum Gasteiger partial charge on any atom is 0.347 e. The van der Waals surface area contributed by atoms with E-state index in [0.29, 0.717) is 11.6 Å². The van der Waals surface area contributed by atoms with Crippen molar-refractivity contribution in [1.82, 2.24) is 9.97 Å². The normalized spacial score (nSPS) is 10.8. The van der Waals surface area contributed by atoms with Crippen LogP contribution in [0.5, 0.6) is 0 Å². The summed E-state index contributed by atoms with van der Waals surface area (Å²) in [6.45, 7) is 4.38. The molecule has 4 heteroatoms. The molecule has 0 saturated carbocycles. The van der Waals surface area contributed by atoms with E-state index in [1.54, 1.807) is 6.07 Å². The van der Waals surface area contributed by atoms with Gasteiger partial charge in [0.2, 0.25) is 0 Å². The lowest BCUT2D eigenvalue weighted by molar-refractivity contribution is 0.647. The topological polar surface area (TPSA) is 71.8 Å². The number of nitrogens with zero attached hydrogens (tertiary/aromatic N) is 1. The summed E-state index contributed by atoms with van der Waals surface area (Å²) < 4.78 is 0. The van der Waals surface area contributed by atoms with Crippen molar-refractivity contribution < 1.29 is 0 Å². The molecule has 4 nitrogen and oxygen atoms in total. The Morgan fingerprint density at radius 3 is 2.50 bits per heavy atom. The Kier molecular flexibility index (Phi) is 3.46. The summed E-state index contributed by atoms with van der Waals surface area (Å²) in [5, 5.41) is 0. The van der Waals surface area contributed by atoms with Gasteiger partial charge in [-0.2, -0.15) is 4.98 Å². The van der Waals surface area contributed by atoms with Gasteiger partial charge in [0.05, 0.1) is 5.69 Å². The first-order chi connectivity index (χ1) is 8.54. The highest BCUT2D eigenvalue weighted by Gasteiger charge is 2.02. The van der Waals surface area contributed by atoms with E-state index in [4.69, 9.17) is 5.73 Å². The summed E-state index contributed by atoms with van der Waals surface area (Å²) in [5.74, 6) is 0.868. The minimum Gasteiger partial charge on any atom is -0.383 e. The summed E-state index contributed by atoms with van der Waals surface area (Å²) >= 11 is 0. The number of aromatic amines is 1. The molecular weight excluding hydrogens is 226 g/mol. The van der Waals surface area contributed by atoms with E-state index in [-0.39, 0.29) is 5.82 Å². The van der Waals surface area contributed by atoms with Crippen molar-refractivity contribution in [2.45, 2.75) is 20.3 Å². The Hall–Kier alpha value is -2.10. The molecule has 0 spiro atoms. The second-order valence-corrected chi connectivity index (χ2v) is 4.82. The molecule has 0 unspecified atom stereocenters. The monoisotopic (exact) mass is 243 g/mol. The van der Waals surface area contributed by atoms with Crippen molar-refractivity contribution in [3.63, 3.8) is 0 Å². The fourth-order valence-electron chi connectivity index (χ4n) is 1.92. The maximum absolute atomic E-state index is 11.3. The summed E-state index contributed by atoms with van der Waals surface area (Å²) in [6.07, 6.45) is 1.05. The van der Waals surface area contributed by atoms with Gasteiger partial charge in [0.25, 0.3) is 0 Å². The molecule has 1 aromatic heterocycles. The molecule has 0 fully saturated rings. The van der Waals surface area contributed by atoms with Crippen molar-refractivity contribution in [2.24, 2.45) is 5.92 Å². The summed E-state index contributed by atoms with van der Waals surface area (Å²) in [6, 6.07) is 9.79. The Bertz CT molecular complexity index is 585. The predicted molar refractivity (Wildman–Crippen MR) is 73.2 cm³/mol. The molecule has 0 aliphatic carbocycles. The molecule has 0 saturated heterocycles. The Balaban J connectivity index is 2.31. The van der Waals surface area contributed by atoms with Crippen molar-refractivity contribution >= 4 is 5.82 Å². The molecule has 0 aliphatic heterocycles. The molecule has 0 radical (unpaired) electrons. The van der Waals surface area contributed by atoms with Crippen LogP contribution in [0.25, 0.3) is 11.3 Å². The van der Waals surface area contributed by atoms with E-state index < -0.39 is 5.69 Å². The second-order valence-electron chi connectivity index (χ2n) is 4.82. The van der Waals surface area contributed by atoms with Crippen molar-refractivity contribution in [1.29, 1.82) is 0 Å². The van der Waals surface area contributed by atoms with Crippen LogP contribution < -0.4 is 11.4 Å². The molecule has 2 rings (SSSR count). The van der Waals surface area contributed by atoms with E-state index in [9.17, 15) is 4.79 Å². The lowest BCUT2D eigenvalue weighted by Crippen LogP contribution is -2.12. The van der Waals surface area contributed by atoms with Gasteiger partial charge in [0, 0.05) is 6.07 Å². The van der Waals surface area contributed by atoms with Crippen molar-refractivity contribution in [3.8, 4) is 11.3 Å². The predicted octanol–water partition coefficient (Wildman–Crippen LogP) is 2.22. The first kappa shape index (κ1) is 12.4. The lowest BCUT2D eigenvalue weighted by Gasteiger charge is -2.06. The van der Waals surface area contributed by atoms with Gasteiger partial charge in [-0.15, -0.1) is 0 Å². The quantitative estimate of drug-likeness (QED) is 0.868. The number of nitrogens with one attached hydrogen (secondary N) is 1. The van der Waals surface area contributed by atoms with Gasteiger partial charge in [0.1, 0.15) is 5.82 Å². The van der Waals surface area contributed by atoms with E-state index in [2.05, 4.69) is 35.9 Å². The molecule has 2 aromatic rings. The highest BCUT2D eigenvalue weighted by atomic mass is 16.1. The molecule has 0 aliphatic rings. The number of benzene rings is 1.